The molecule has 2 aromatic rings. The van der Waals surface area contributed by atoms with Crippen LogP contribution in [0.3, 0.4) is 0 Å². The first-order valence-corrected chi connectivity index (χ1v) is 8.22. The molecule has 2 rings (SSSR count). The van der Waals surface area contributed by atoms with Gasteiger partial charge in [-0.3, -0.25) is 4.79 Å². The number of amides is 1. The third kappa shape index (κ3) is 5.89. The summed E-state index contributed by atoms with van der Waals surface area (Å²) in [4.78, 5) is 12.3. The Hall–Kier alpha value is -2.37. The summed E-state index contributed by atoms with van der Waals surface area (Å²) in [7, 11) is 3.22. The summed E-state index contributed by atoms with van der Waals surface area (Å²) in [6.45, 7) is 3.24. The Morgan fingerprint density at radius 2 is 1.84 bits per heavy atom. The summed E-state index contributed by atoms with van der Waals surface area (Å²) in [5.41, 5.74) is 2.51. The molecular formula is C20H25NO4. The SMILES string of the molecule is COC[C@H](C)NC(=O)c1ccc(OC)c(COCc2ccccc2)c1. The maximum Gasteiger partial charge on any atom is 0.251 e. The molecule has 25 heavy (non-hydrogen) atoms. The molecule has 0 aliphatic carbocycles. The monoisotopic (exact) mass is 343 g/mol. The molecule has 0 aliphatic rings. The van der Waals surface area contributed by atoms with E-state index in [2.05, 4.69) is 5.32 Å². The molecule has 0 aliphatic heterocycles. The van der Waals surface area contributed by atoms with Crippen LogP contribution in [0, 0.1) is 0 Å². The number of methoxy groups -OCH3 is 2. The molecule has 134 valence electrons. The molecule has 0 saturated carbocycles. The van der Waals surface area contributed by atoms with Gasteiger partial charge in [0.15, 0.2) is 0 Å². The van der Waals surface area contributed by atoms with E-state index in [1.54, 1.807) is 32.4 Å². The van der Waals surface area contributed by atoms with Gasteiger partial charge in [0.25, 0.3) is 5.91 Å². The highest BCUT2D eigenvalue weighted by molar-refractivity contribution is 5.94. The van der Waals surface area contributed by atoms with E-state index >= 15 is 0 Å². The first-order chi connectivity index (χ1) is 12.1. The average molecular weight is 343 g/mol. The Labute approximate surface area is 148 Å². The molecule has 1 amide bonds. The first-order valence-electron chi connectivity index (χ1n) is 8.22. The second kappa shape index (κ2) is 9.81. The van der Waals surface area contributed by atoms with Crippen LogP contribution in [0.2, 0.25) is 0 Å². The molecule has 0 heterocycles. The van der Waals surface area contributed by atoms with Crippen LogP contribution in [0.4, 0.5) is 0 Å². The lowest BCUT2D eigenvalue weighted by atomic mass is 10.1. The van der Waals surface area contributed by atoms with Gasteiger partial charge < -0.3 is 19.5 Å². The molecular weight excluding hydrogens is 318 g/mol. The molecule has 5 nitrogen and oxygen atoms in total. The normalized spacial score (nSPS) is 11.8. The van der Waals surface area contributed by atoms with Crippen molar-refractivity contribution in [2.24, 2.45) is 0 Å². The van der Waals surface area contributed by atoms with E-state index in [0.29, 0.717) is 31.1 Å². The van der Waals surface area contributed by atoms with E-state index in [4.69, 9.17) is 14.2 Å². The lowest BCUT2D eigenvalue weighted by Crippen LogP contribution is -2.35. The van der Waals surface area contributed by atoms with E-state index in [-0.39, 0.29) is 11.9 Å². The molecule has 1 N–H and O–H groups in total. The zero-order valence-corrected chi connectivity index (χ0v) is 15.0. The molecule has 0 saturated heterocycles. The topological polar surface area (TPSA) is 56.8 Å². The van der Waals surface area contributed by atoms with Crippen LogP contribution in [0.15, 0.2) is 48.5 Å². The van der Waals surface area contributed by atoms with Crippen molar-refractivity contribution in [1.29, 1.82) is 0 Å². The summed E-state index contributed by atoms with van der Waals surface area (Å²) in [6, 6.07) is 15.2. The number of rotatable bonds is 9. The zero-order valence-electron chi connectivity index (χ0n) is 15.0. The van der Waals surface area contributed by atoms with Gasteiger partial charge in [0.1, 0.15) is 5.75 Å². The molecule has 0 bridgehead atoms. The Kier molecular flexibility index (Phi) is 7.44. The van der Waals surface area contributed by atoms with E-state index in [1.807, 2.05) is 37.3 Å². The molecule has 0 spiro atoms. The highest BCUT2D eigenvalue weighted by Crippen LogP contribution is 2.21. The van der Waals surface area contributed by atoms with Crippen molar-refractivity contribution < 1.29 is 19.0 Å². The fraction of sp³-hybridized carbons (Fsp3) is 0.350. The Balaban J connectivity index is 2.02. The third-order valence-corrected chi connectivity index (χ3v) is 3.71. The molecule has 5 heteroatoms. The van der Waals surface area contributed by atoms with E-state index in [9.17, 15) is 4.79 Å². The van der Waals surface area contributed by atoms with Gasteiger partial charge in [-0.2, -0.15) is 0 Å². The highest BCUT2D eigenvalue weighted by atomic mass is 16.5. The Morgan fingerprint density at radius 1 is 1.08 bits per heavy atom. The van der Waals surface area contributed by atoms with Crippen LogP contribution in [0.25, 0.3) is 0 Å². The van der Waals surface area contributed by atoms with Crippen molar-refractivity contribution in [1.82, 2.24) is 5.32 Å². The van der Waals surface area contributed by atoms with Gasteiger partial charge in [-0.15, -0.1) is 0 Å². The largest absolute Gasteiger partial charge is 0.496 e. The van der Waals surface area contributed by atoms with Crippen molar-refractivity contribution in [2.45, 2.75) is 26.2 Å². The number of hydrogen-bond acceptors (Lipinski definition) is 4. The molecule has 0 radical (unpaired) electrons. The van der Waals surface area contributed by atoms with E-state index < -0.39 is 0 Å². The van der Waals surface area contributed by atoms with Crippen LogP contribution in [0.1, 0.15) is 28.4 Å². The van der Waals surface area contributed by atoms with Gasteiger partial charge in [0.2, 0.25) is 0 Å². The number of carbonyl (C=O) groups is 1. The predicted octanol–water partition coefficient (Wildman–Crippen LogP) is 3.18. The maximum absolute atomic E-state index is 12.3. The Bertz CT molecular complexity index is 673. The molecule has 1 atom stereocenters. The minimum Gasteiger partial charge on any atom is -0.496 e. The summed E-state index contributed by atoms with van der Waals surface area (Å²) in [6.07, 6.45) is 0. The molecule has 0 fully saturated rings. The number of benzene rings is 2. The second-order valence-electron chi connectivity index (χ2n) is 5.83. The highest BCUT2D eigenvalue weighted by Gasteiger charge is 2.13. The van der Waals surface area contributed by atoms with E-state index in [0.717, 1.165) is 11.1 Å². The standard InChI is InChI=1S/C20H25NO4/c1-15(12-23-2)21-20(22)17-9-10-19(24-3)18(11-17)14-25-13-16-7-5-4-6-8-16/h4-11,15H,12-14H2,1-3H3,(H,21,22)/t15-/m0/s1. The van der Waals surface area contributed by atoms with Gasteiger partial charge >= 0.3 is 0 Å². The van der Waals surface area contributed by atoms with Crippen molar-refractivity contribution in [3.63, 3.8) is 0 Å². The van der Waals surface area contributed by atoms with Gasteiger partial charge in [-0.05, 0) is 30.7 Å². The smallest absolute Gasteiger partial charge is 0.251 e. The van der Waals surface area contributed by atoms with Crippen LogP contribution in [-0.2, 0) is 22.7 Å². The fourth-order valence-corrected chi connectivity index (χ4v) is 2.48. The summed E-state index contributed by atoms with van der Waals surface area (Å²) in [5.74, 6) is 0.561. The first kappa shape index (κ1) is 19.0. The van der Waals surface area contributed by atoms with E-state index in [1.165, 1.54) is 0 Å². The average Bonchev–Trinajstić information content (AvgIpc) is 2.62. The minimum atomic E-state index is -0.142. The van der Waals surface area contributed by atoms with Gasteiger partial charge in [0, 0.05) is 24.3 Å². The van der Waals surface area contributed by atoms with Gasteiger partial charge in [0.05, 0.1) is 26.9 Å². The maximum atomic E-state index is 12.3. The predicted molar refractivity (Wildman–Crippen MR) is 96.7 cm³/mol. The minimum absolute atomic E-state index is 0.0580. The fourth-order valence-electron chi connectivity index (χ4n) is 2.48. The summed E-state index contributed by atoms with van der Waals surface area (Å²) < 4.78 is 16.2. The van der Waals surface area contributed by atoms with Crippen molar-refractivity contribution in [2.75, 3.05) is 20.8 Å². The van der Waals surface area contributed by atoms with Gasteiger partial charge in [-0.25, -0.2) is 0 Å². The Morgan fingerprint density at radius 3 is 2.52 bits per heavy atom. The number of nitrogens with one attached hydrogen (secondary N) is 1. The molecule has 2 aromatic carbocycles. The quantitative estimate of drug-likeness (QED) is 0.760. The lowest BCUT2D eigenvalue weighted by molar-refractivity contribution is 0.0903. The molecule has 0 unspecified atom stereocenters. The number of ether oxygens (including phenoxy) is 3. The summed E-state index contributed by atoms with van der Waals surface area (Å²) in [5, 5.41) is 2.90. The van der Waals surface area contributed by atoms with Gasteiger partial charge in [-0.1, -0.05) is 30.3 Å². The van der Waals surface area contributed by atoms with Crippen LogP contribution in [-0.4, -0.2) is 32.8 Å². The van der Waals surface area contributed by atoms with Crippen LogP contribution >= 0.6 is 0 Å². The number of hydrogen-bond donors (Lipinski definition) is 1. The summed E-state index contributed by atoms with van der Waals surface area (Å²) >= 11 is 0. The number of carbonyl (C=O) groups excluding carboxylic acids is 1. The van der Waals surface area contributed by atoms with Crippen LogP contribution < -0.4 is 10.1 Å². The lowest BCUT2D eigenvalue weighted by Gasteiger charge is -2.15. The van der Waals surface area contributed by atoms with Crippen LogP contribution in [0.5, 0.6) is 5.75 Å². The van der Waals surface area contributed by atoms with Crippen molar-refractivity contribution >= 4 is 5.91 Å². The third-order valence-electron chi connectivity index (χ3n) is 3.71. The second-order valence-corrected chi connectivity index (χ2v) is 5.83. The van der Waals surface area contributed by atoms with Crippen molar-refractivity contribution in [3.05, 3.63) is 65.2 Å². The van der Waals surface area contributed by atoms with Crippen molar-refractivity contribution in [3.8, 4) is 5.75 Å². The molecule has 0 aromatic heterocycles. The zero-order chi connectivity index (χ0) is 18.1.